The minimum atomic E-state index is -0.578. The first kappa shape index (κ1) is 23.0. The van der Waals surface area contributed by atoms with Crippen LogP contribution < -0.4 is 4.74 Å². The lowest BCUT2D eigenvalue weighted by molar-refractivity contribution is -0.127. The summed E-state index contributed by atoms with van der Waals surface area (Å²) in [6.07, 6.45) is 3.53. The highest BCUT2D eigenvalue weighted by Gasteiger charge is 2.29. The van der Waals surface area contributed by atoms with Crippen molar-refractivity contribution >= 4 is 11.7 Å². The van der Waals surface area contributed by atoms with Crippen molar-refractivity contribution in [2.45, 2.75) is 19.4 Å². The molecule has 0 aliphatic carbocycles. The second-order valence-electron chi connectivity index (χ2n) is 8.42. The lowest BCUT2D eigenvalue weighted by Gasteiger charge is -2.36. The molecule has 0 N–H and O–H groups in total. The number of furan rings is 1. The Morgan fingerprint density at radius 1 is 1.16 bits per heavy atom. The van der Waals surface area contributed by atoms with Gasteiger partial charge in [-0.25, -0.2) is 0 Å². The smallest absolute Gasteiger partial charge is 0.298 e. The molecule has 168 valence electrons. The lowest BCUT2D eigenvalue weighted by Crippen LogP contribution is -2.46. The number of carbonyl (C=O) groups excluding carboxylic acids is 2. The summed E-state index contributed by atoms with van der Waals surface area (Å²) >= 11 is 0. The minimum absolute atomic E-state index is 0.0984. The fourth-order valence-electron chi connectivity index (χ4n) is 4.08. The van der Waals surface area contributed by atoms with E-state index in [-0.39, 0.29) is 5.76 Å². The number of piperidine rings is 1. The molecule has 2 aromatic rings. The standard InChI is InChI=1S/C24H33N3O4/c1-25(2)13-14-27(24(29)23(28)22-11-7-15-31-22)17-19-8-6-12-26(16-19)18-20-9-4-5-10-21(20)30-3/h4-5,7,9-11,15,19H,6,8,12-14,16-18H2,1-3H3. The molecule has 1 unspecified atom stereocenters. The zero-order valence-electron chi connectivity index (χ0n) is 18.8. The number of likely N-dealkylation sites (N-methyl/N-ethyl adjacent to an activating group) is 1. The van der Waals surface area contributed by atoms with Crippen molar-refractivity contribution in [3.63, 3.8) is 0 Å². The molecule has 1 fully saturated rings. The van der Waals surface area contributed by atoms with E-state index in [9.17, 15) is 9.59 Å². The number of hydrogen-bond donors (Lipinski definition) is 0. The molecule has 1 aliphatic heterocycles. The predicted octanol–water partition coefficient (Wildman–Crippen LogP) is 2.77. The van der Waals surface area contributed by atoms with E-state index in [2.05, 4.69) is 11.0 Å². The second kappa shape index (κ2) is 11.1. The van der Waals surface area contributed by atoms with Gasteiger partial charge in [-0.3, -0.25) is 14.5 Å². The van der Waals surface area contributed by atoms with E-state index < -0.39 is 11.7 Å². The van der Waals surface area contributed by atoms with Crippen LogP contribution in [0.15, 0.2) is 47.1 Å². The molecule has 1 saturated heterocycles. The Hall–Kier alpha value is -2.64. The van der Waals surface area contributed by atoms with Crippen molar-refractivity contribution < 1.29 is 18.7 Å². The Morgan fingerprint density at radius 3 is 2.68 bits per heavy atom. The Morgan fingerprint density at radius 2 is 1.97 bits per heavy atom. The van der Waals surface area contributed by atoms with E-state index >= 15 is 0 Å². The zero-order valence-corrected chi connectivity index (χ0v) is 18.8. The summed E-state index contributed by atoms with van der Waals surface area (Å²) in [5.74, 6) is 0.251. The molecule has 0 bridgehead atoms. The molecule has 0 radical (unpaired) electrons. The molecule has 3 rings (SSSR count). The summed E-state index contributed by atoms with van der Waals surface area (Å²) in [5.41, 5.74) is 1.17. The van der Waals surface area contributed by atoms with Gasteiger partial charge in [0.1, 0.15) is 5.75 Å². The minimum Gasteiger partial charge on any atom is -0.496 e. The number of benzene rings is 1. The number of amides is 1. The molecule has 1 aromatic carbocycles. The van der Waals surface area contributed by atoms with Crippen molar-refractivity contribution in [2.75, 3.05) is 53.9 Å². The molecule has 7 heteroatoms. The number of rotatable bonds is 10. The molecule has 1 aliphatic rings. The van der Waals surface area contributed by atoms with E-state index in [0.717, 1.165) is 38.2 Å². The SMILES string of the molecule is COc1ccccc1CN1CCCC(CN(CCN(C)C)C(=O)C(=O)c2ccco2)C1. The van der Waals surface area contributed by atoms with Crippen molar-refractivity contribution in [3.05, 3.63) is 54.0 Å². The number of para-hydroxylation sites is 1. The largest absolute Gasteiger partial charge is 0.496 e. The molecular formula is C24H33N3O4. The molecule has 2 heterocycles. The zero-order chi connectivity index (χ0) is 22.2. The third-order valence-corrected chi connectivity index (χ3v) is 5.71. The monoisotopic (exact) mass is 427 g/mol. The Bertz CT molecular complexity index is 850. The van der Waals surface area contributed by atoms with Gasteiger partial charge in [0.25, 0.3) is 11.7 Å². The van der Waals surface area contributed by atoms with Gasteiger partial charge in [-0.2, -0.15) is 0 Å². The van der Waals surface area contributed by atoms with E-state index in [4.69, 9.17) is 9.15 Å². The molecule has 0 saturated carbocycles. The van der Waals surface area contributed by atoms with E-state index in [1.165, 1.54) is 11.8 Å². The van der Waals surface area contributed by atoms with Gasteiger partial charge in [0.05, 0.1) is 13.4 Å². The van der Waals surface area contributed by atoms with Crippen LogP contribution in [0.4, 0.5) is 0 Å². The van der Waals surface area contributed by atoms with E-state index in [0.29, 0.717) is 25.6 Å². The van der Waals surface area contributed by atoms with Crippen molar-refractivity contribution in [1.82, 2.24) is 14.7 Å². The summed E-state index contributed by atoms with van der Waals surface area (Å²) in [5, 5.41) is 0. The maximum absolute atomic E-state index is 13.0. The van der Waals surface area contributed by atoms with Crippen LogP contribution in [0, 0.1) is 5.92 Å². The second-order valence-corrected chi connectivity index (χ2v) is 8.42. The predicted molar refractivity (Wildman–Crippen MR) is 119 cm³/mol. The number of ether oxygens (including phenoxy) is 1. The van der Waals surface area contributed by atoms with Gasteiger partial charge in [0.2, 0.25) is 0 Å². The normalized spacial score (nSPS) is 17.0. The summed E-state index contributed by atoms with van der Waals surface area (Å²) in [7, 11) is 5.63. The van der Waals surface area contributed by atoms with Crippen LogP contribution in [0.25, 0.3) is 0 Å². The maximum Gasteiger partial charge on any atom is 0.298 e. The first-order valence-corrected chi connectivity index (χ1v) is 10.8. The molecule has 31 heavy (non-hydrogen) atoms. The third-order valence-electron chi connectivity index (χ3n) is 5.71. The van der Waals surface area contributed by atoms with Gasteiger partial charge in [-0.1, -0.05) is 18.2 Å². The summed E-state index contributed by atoms with van der Waals surface area (Å²) in [4.78, 5) is 31.7. The Kier molecular flexibility index (Phi) is 8.26. The average Bonchev–Trinajstić information content (AvgIpc) is 3.31. The third kappa shape index (κ3) is 6.42. The van der Waals surface area contributed by atoms with Crippen LogP contribution in [0.2, 0.25) is 0 Å². The highest BCUT2D eigenvalue weighted by molar-refractivity contribution is 6.41. The fourth-order valence-corrected chi connectivity index (χ4v) is 4.08. The van der Waals surface area contributed by atoms with Crippen molar-refractivity contribution in [2.24, 2.45) is 5.92 Å². The Labute approximate surface area is 184 Å². The van der Waals surface area contributed by atoms with Crippen molar-refractivity contribution in [3.8, 4) is 5.75 Å². The maximum atomic E-state index is 13.0. The molecule has 1 atom stereocenters. The van der Waals surface area contributed by atoms with Crippen molar-refractivity contribution in [1.29, 1.82) is 0 Å². The van der Waals surface area contributed by atoms with Crippen LogP contribution in [-0.2, 0) is 11.3 Å². The van der Waals surface area contributed by atoms with Gasteiger partial charge in [0, 0.05) is 38.3 Å². The molecule has 1 amide bonds. The summed E-state index contributed by atoms with van der Waals surface area (Å²) in [6, 6.07) is 11.3. The molecule has 0 spiro atoms. The highest BCUT2D eigenvalue weighted by atomic mass is 16.5. The number of methoxy groups -OCH3 is 1. The van der Waals surface area contributed by atoms with E-state index in [1.807, 2.05) is 37.2 Å². The summed E-state index contributed by atoms with van der Waals surface area (Å²) in [6.45, 7) is 4.51. The van der Waals surface area contributed by atoms with Crippen LogP contribution in [-0.4, -0.2) is 80.3 Å². The molecule has 1 aromatic heterocycles. The van der Waals surface area contributed by atoms with Gasteiger partial charge < -0.3 is 19.0 Å². The van der Waals surface area contributed by atoms with Crippen LogP contribution in [0.5, 0.6) is 5.75 Å². The number of Topliss-reactive ketones (excluding diaryl/α,β-unsaturated/α-hetero) is 1. The number of nitrogens with zero attached hydrogens (tertiary/aromatic N) is 3. The molecular weight excluding hydrogens is 394 g/mol. The topological polar surface area (TPSA) is 66.2 Å². The van der Waals surface area contributed by atoms with Gasteiger partial charge in [0.15, 0.2) is 5.76 Å². The first-order chi connectivity index (χ1) is 15.0. The highest BCUT2D eigenvalue weighted by Crippen LogP contribution is 2.24. The average molecular weight is 428 g/mol. The number of likely N-dealkylation sites (tertiary alicyclic amines) is 1. The summed E-state index contributed by atoms with van der Waals surface area (Å²) < 4.78 is 10.7. The van der Waals surface area contributed by atoms with Crippen LogP contribution in [0.1, 0.15) is 29.0 Å². The van der Waals surface area contributed by atoms with Crippen LogP contribution >= 0.6 is 0 Å². The van der Waals surface area contributed by atoms with Crippen LogP contribution in [0.3, 0.4) is 0 Å². The number of carbonyl (C=O) groups is 2. The number of hydrogen-bond acceptors (Lipinski definition) is 6. The van der Waals surface area contributed by atoms with Gasteiger partial charge in [-0.05, 0) is 57.6 Å². The van der Waals surface area contributed by atoms with Gasteiger partial charge in [-0.15, -0.1) is 0 Å². The fraction of sp³-hybridized carbons (Fsp3) is 0.500. The number of ketones is 1. The van der Waals surface area contributed by atoms with E-state index in [1.54, 1.807) is 24.1 Å². The Balaban J connectivity index is 1.65. The molecule has 7 nitrogen and oxygen atoms in total. The lowest BCUT2D eigenvalue weighted by atomic mass is 9.96. The quantitative estimate of drug-likeness (QED) is 0.429. The van der Waals surface area contributed by atoms with Gasteiger partial charge >= 0.3 is 0 Å². The first-order valence-electron chi connectivity index (χ1n) is 10.8.